The Hall–Kier alpha value is -7.95. The lowest BCUT2D eigenvalue weighted by Gasteiger charge is -2.33. The third-order valence-corrected chi connectivity index (χ3v) is 12.4. The van der Waals surface area contributed by atoms with Gasteiger partial charge < -0.3 is 0 Å². The standard InChI is InChI=1S/C56H36N4/c1-4-17-38(18-5-1)49-35-50(39-19-6-2-7-20-39)59-55(58-49)60-51-31-30-40(34-46(51)54-43-24-11-10-16-37(43)29-32-52(54)60)44-26-14-28-48-53(44)45-25-12-13-27-47(45)56(48,41-21-8-3-9-22-41)42-23-15-33-57-36-42/h1-36H. The molecule has 0 saturated heterocycles. The van der Waals surface area contributed by atoms with E-state index in [1.54, 1.807) is 0 Å². The molecule has 11 aromatic rings. The summed E-state index contributed by atoms with van der Waals surface area (Å²) < 4.78 is 2.26. The van der Waals surface area contributed by atoms with E-state index in [1.807, 2.05) is 24.5 Å². The van der Waals surface area contributed by atoms with Gasteiger partial charge in [-0.1, -0.05) is 176 Å². The summed E-state index contributed by atoms with van der Waals surface area (Å²) in [5.41, 5.74) is 15.1. The lowest BCUT2D eigenvalue weighted by atomic mass is 9.68. The number of benzene rings is 8. The van der Waals surface area contributed by atoms with Crippen LogP contribution in [0.15, 0.2) is 219 Å². The molecule has 1 atom stereocenters. The Balaban J connectivity index is 1.14. The fourth-order valence-corrected chi connectivity index (χ4v) is 9.85. The average Bonchev–Trinajstić information content (AvgIpc) is 3.83. The topological polar surface area (TPSA) is 43.6 Å². The van der Waals surface area contributed by atoms with E-state index in [0.29, 0.717) is 5.95 Å². The van der Waals surface area contributed by atoms with Crippen molar-refractivity contribution in [1.82, 2.24) is 19.5 Å². The van der Waals surface area contributed by atoms with Gasteiger partial charge in [0.25, 0.3) is 0 Å². The predicted molar refractivity (Wildman–Crippen MR) is 245 cm³/mol. The SMILES string of the molecule is c1ccc(-c2cc(-c3ccccc3)nc(-n3c4ccc(-c5cccc6c5-c5ccccc5C6(c5ccccc5)c5cccnc5)cc4c4c5ccccc5ccc43)n2)cc1. The summed E-state index contributed by atoms with van der Waals surface area (Å²) in [7, 11) is 0. The molecular weight excluding hydrogens is 729 g/mol. The number of hydrogen-bond donors (Lipinski definition) is 0. The Morgan fingerprint density at radius 2 is 1.05 bits per heavy atom. The van der Waals surface area contributed by atoms with Gasteiger partial charge in [0, 0.05) is 34.3 Å². The minimum Gasteiger partial charge on any atom is -0.278 e. The Kier molecular flexibility index (Phi) is 7.72. The van der Waals surface area contributed by atoms with Crippen LogP contribution in [0.2, 0.25) is 0 Å². The summed E-state index contributed by atoms with van der Waals surface area (Å²) in [4.78, 5) is 15.3. The summed E-state index contributed by atoms with van der Waals surface area (Å²) in [5, 5.41) is 4.72. The van der Waals surface area contributed by atoms with Gasteiger partial charge in [0.05, 0.1) is 27.8 Å². The summed E-state index contributed by atoms with van der Waals surface area (Å²) in [6, 6.07) is 73.9. The Bertz CT molecular complexity index is 3310. The largest absolute Gasteiger partial charge is 0.278 e. The second kappa shape index (κ2) is 13.6. The molecule has 4 heteroatoms. The number of nitrogens with zero attached hydrogens (tertiary/aromatic N) is 4. The van der Waals surface area contributed by atoms with E-state index in [-0.39, 0.29) is 0 Å². The molecule has 0 spiro atoms. The molecule has 12 rings (SSSR count). The van der Waals surface area contributed by atoms with Gasteiger partial charge in [0.15, 0.2) is 0 Å². The number of hydrogen-bond acceptors (Lipinski definition) is 3. The lowest BCUT2D eigenvalue weighted by molar-refractivity contribution is 0.763. The van der Waals surface area contributed by atoms with Crippen molar-refractivity contribution in [3.05, 3.63) is 241 Å². The van der Waals surface area contributed by atoms with Gasteiger partial charge in [0.2, 0.25) is 5.95 Å². The smallest absolute Gasteiger partial charge is 0.235 e. The first kappa shape index (κ1) is 34.1. The van der Waals surface area contributed by atoms with E-state index < -0.39 is 5.41 Å². The van der Waals surface area contributed by atoms with Crippen LogP contribution in [-0.4, -0.2) is 19.5 Å². The molecule has 0 bridgehead atoms. The van der Waals surface area contributed by atoms with Crippen LogP contribution in [0.5, 0.6) is 0 Å². The molecule has 1 unspecified atom stereocenters. The number of rotatable bonds is 6. The fourth-order valence-electron chi connectivity index (χ4n) is 9.85. The number of fused-ring (bicyclic) bond motifs is 8. The van der Waals surface area contributed by atoms with Crippen molar-refractivity contribution in [3.8, 4) is 50.7 Å². The van der Waals surface area contributed by atoms with Gasteiger partial charge in [-0.3, -0.25) is 9.55 Å². The summed E-state index contributed by atoms with van der Waals surface area (Å²) in [6.07, 6.45) is 3.90. The molecule has 0 fully saturated rings. The second-order valence-electron chi connectivity index (χ2n) is 15.6. The highest BCUT2D eigenvalue weighted by Gasteiger charge is 2.47. The van der Waals surface area contributed by atoms with Crippen molar-refractivity contribution in [2.24, 2.45) is 0 Å². The zero-order chi connectivity index (χ0) is 39.6. The molecule has 0 aliphatic heterocycles. The van der Waals surface area contributed by atoms with E-state index in [9.17, 15) is 0 Å². The minimum absolute atomic E-state index is 0.536. The molecule has 4 nitrogen and oxygen atoms in total. The van der Waals surface area contributed by atoms with Gasteiger partial charge in [-0.25, -0.2) is 9.97 Å². The van der Waals surface area contributed by atoms with Gasteiger partial charge >= 0.3 is 0 Å². The first-order valence-electron chi connectivity index (χ1n) is 20.4. The zero-order valence-electron chi connectivity index (χ0n) is 32.6. The first-order valence-corrected chi connectivity index (χ1v) is 20.4. The van der Waals surface area contributed by atoms with E-state index in [4.69, 9.17) is 9.97 Å². The van der Waals surface area contributed by atoms with E-state index in [2.05, 4.69) is 204 Å². The fraction of sp³-hybridized carbons (Fsp3) is 0.0179. The molecular formula is C56H36N4. The maximum atomic E-state index is 5.33. The predicted octanol–water partition coefficient (Wildman–Crippen LogP) is 13.5. The molecule has 280 valence electrons. The van der Waals surface area contributed by atoms with E-state index in [0.717, 1.165) is 50.1 Å². The van der Waals surface area contributed by atoms with Crippen molar-refractivity contribution in [2.45, 2.75) is 5.41 Å². The second-order valence-corrected chi connectivity index (χ2v) is 15.6. The van der Waals surface area contributed by atoms with Gasteiger partial charge in [-0.2, -0.15) is 0 Å². The van der Waals surface area contributed by atoms with Crippen LogP contribution in [0.4, 0.5) is 0 Å². The van der Waals surface area contributed by atoms with E-state index in [1.165, 1.54) is 49.5 Å². The molecule has 3 heterocycles. The molecule has 1 aliphatic rings. The van der Waals surface area contributed by atoms with Gasteiger partial charge in [0.1, 0.15) is 0 Å². The molecule has 0 amide bonds. The van der Waals surface area contributed by atoms with Crippen LogP contribution in [-0.2, 0) is 5.41 Å². The highest BCUT2D eigenvalue weighted by Crippen LogP contribution is 2.58. The Morgan fingerprint density at radius 3 is 1.80 bits per heavy atom. The van der Waals surface area contributed by atoms with Crippen LogP contribution in [0.1, 0.15) is 22.3 Å². The number of aromatic nitrogens is 4. The van der Waals surface area contributed by atoms with Crippen LogP contribution in [0, 0.1) is 0 Å². The van der Waals surface area contributed by atoms with Crippen molar-refractivity contribution in [1.29, 1.82) is 0 Å². The van der Waals surface area contributed by atoms with Crippen molar-refractivity contribution < 1.29 is 0 Å². The monoisotopic (exact) mass is 764 g/mol. The van der Waals surface area contributed by atoms with Crippen LogP contribution < -0.4 is 0 Å². The normalized spacial score (nSPS) is 14.4. The van der Waals surface area contributed by atoms with Gasteiger partial charge in [-0.15, -0.1) is 0 Å². The summed E-state index contributed by atoms with van der Waals surface area (Å²) >= 11 is 0. The third-order valence-electron chi connectivity index (χ3n) is 12.4. The van der Waals surface area contributed by atoms with Crippen molar-refractivity contribution in [3.63, 3.8) is 0 Å². The molecule has 0 radical (unpaired) electrons. The summed E-state index contributed by atoms with van der Waals surface area (Å²) in [5.74, 6) is 0.636. The maximum absolute atomic E-state index is 5.33. The van der Waals surface area contributed by atoms with Crippen molar-refractivity contribution >= 4 is 32.6 Å². The van der Waals surface area contributed by atoms with Crippen molar-refractivity contribution in [2.75, 3.05) is 0 Å². The summed E-state index contributed by atoms with van der Waals surface area (Å²) in [6.45, 7) is 0. The van der Waals surface area contributed by atoms with Gasteiger partial charge in [-0.05, 0) is 85.6 Å². The van der Waals surface area contributed by atoms with Crippen LogP contribution in [0.3, 0.4) is 0 Å². The van der Waals surface area contributed by atoms with Crippen LogP contribution >= 0.6 is 0 Å². The first-order chi connectivity index (χ1) is 29.8. The van der Waals surface area contributed by atoms with E-state index >= 15 is 0 Å². The van der Waals surface area contributed by atoms with Crippen LogP contribution in [0.25, 0.3) is 83.3 Å². The highest BCUT2D eigenvalue weighted by atomic mass is 15.2. The zero-order valence-corrected chi connectivity index (χ0v) is 32.6. The Morgan fingerprint density at radius 1 is 0.417 bits per heavy atom. The molecule has 0 saturated carbocycles. The molecule has 8 aromatic carbocycles. The quantitative estimate of drug-likeness (QED) is 0.169. The highest BCUT2D eigenvalue weighted by molar-refractivity contribution is 6.22. The number of pyridine rings is 1. The average molecular weight is 765 g/mol. The molecule has 3 aromatic heterocycles. The maximum Gasteiger partial charge on any atom is 0.235 e. The molecule has 60 heavy (non-hydrogen) atoms. The molecule has 1 aliphatic carbocycles. The molecule has 0 N–H and O–H groups in total. The lowest BCUT2D eigenvalue weighted by Crippen LogP contribution is -2.28. The minimum atomic E-state index is -0.536. The Labute approximate surface area is 347 Å². The third kappa shape index (κ3) is 5.07.